The first-order chi connectivity index (χ1) is 21.1. The van der Waals surface area contributed by atoms with Crippen molar-refractivity contribution in [3.05, 3.63) is 117 Å². The largest absolute Gasteiger partial charge is 0.494 e. The molecule has 0 saturated carbocycles. The molecule has 2 aliphatic rings. The molecule has 4 N–H and O–H groups in total. The molecule has 0 bridgehead atoms. The van der Waals surface area contributed by atoms with Crippen molar-refractivity contribution in [2.75, 3.05) is 26.0 Å². The third-order valence-electron chi connectivity index (χ3n) is 8.16. The van der Waals surface area contributed by atoms with E-state index >= 15 is 8.78 Å². The molecule has 234 valence electrons. The molecule has 2 heterocycles. The maximum atomic E-state index is 15.8. The molecule has 3 atom stereocenters. The zero-order valence-electron chi connectivity index (χ0n) is 24.3. The molecule has 3 aromatic carbocycles. The highest BCUT2D eigenvalue weighted by Crippen LogP contribution is 2.50. The molecule has 11 heteroatoms. The van der Waals surface area contributed by atoms with E-state index in [1.807, 2.05) is 30.3 Å². The van der Waals surface area contributed by atoms with Crippen molar-refractivity contribution >= 4 is 17.3 Å². The normalized spacial score (nSPS) is 19.4. The summed E-state index contributed by atoms with van der Waals surface area (Å²) in [4.78, 5) is 1.74. The summed E-state index contributed by atoms with van der Waals surface area (Å²) in [6, 6.07) is 16.4. The predicted octanol–water partition coefficient (Wildman–Crippen LogP) is 6.65. The molecular weight excluding hydrogens is 597 g/mol. The minimum atomic E-state index is -4.79. The maximum Gasteiger partial charge on any atom is 0.416 e. The van der Waals surface area contributed by atoms with Crippen LogP contribution in [0.4, 0.5) is 22.0 Å². The Hall–Kier alpha value is -3.38. The summed E-state index contributed by atoms with van der Waals surface area (Å²) < 4.78 is 78.3. The third-order valence-corrected chi connectivity index (χ3v) is 9.40. The Kier molecular flexibility index (Phi) is 9.69. The second-order valence-electron chi connectivity index (χ2n) is 10.7. The summed E-state index contributed by atoms with van der Waals surface area (Å²) in [5, 5.41) is 16.1. The van der Waals surface area contributed by atoms with Gasteiger partial charge in [-0.05, 0) is 61.3 Å². The SMILES string of the molecule is COc1cccc(C2=C(C)C(Cc3c(F)cccc3C(F)(F)F)=C3SCC(C(NCCCN)c4ccccc4)N3C2O)c1F. The third kappa shape index (κ3) is 6.10. The molecule has 5 nitrogen and oxygen atoms in total. The summed E-state index contributed by atoms with van der Waals surface area (Å²) >= 11 is 1.38. The molecule has 1 saturated heterocycles. The molecule has 3 aromatic rings. The monoisotopic (exact) mass is 631 g/mol. The molecule has 5 rings (SSSR count). The lowest BCUT2D eigenvalue weighted by atomic mass is 9.86. The van der Waals surface area contributed by atoms with Crippen LogP contribution in [-0.4, -0.2) is 48.2 Å². The van der Waals surface area contributed by atoms with Gasteiger partial charge in [-0.15, -0.1) is 11.8 Å². The van der Waals surface area contributed by atoms with Crippen molar-refractivity contribution in [1.29, 1.82) is 0 Å². The Bertz CT molecular complexity index is 1560. The smallest absolute Gasteiger partial charge is 0.416 e. The summed E-state index contributed by atoms with van der Waals surface area (Å²) in [5.41, 5.74) is 6.13. The molecule has 3 unspecified atom stereocenters. The fraction of sp³-hybridized carbons (Fsp3) is 0.333. The van der Waals surface area contributed by atoms with Gasteiger partial charge in [-0.3, -0.25) is 0 Å². The maximum absolute atomic E-state index is 15.8. The number of hydrogen-bond donors (Lipinski definition) is 3. The second kappa shape index (κ2) is 13.3. The van der Waals surface area contributed by atoms with E-state index in [0.29, 0.717) is 41.4 Å². The van der Waals surface area contributed by atoms with Gasteiger partial charge in [0.2, 0.25) is 0 Å². The van der Waals surface area contributed by atoms with Gasteiger partial charge in [0, 0.05) is 28.9 Å². The quantitative estimate of drug-likeness (QED) is 0.172. The number of aliphatic hydroxyl groups excluding tert-OH is 1. The van der Waals surface area contributed by atoms with Gasteiger partial charge in [-0.2, -0.15) is 13.2 Å². The summed E-state index contributed by atoms with van der Waals surface area (Å²) in [6.07, 6.45) is -5.84. The van der Waals surface area contributed by atoms with E-state index in [2.05, 4.69) is 5.32 Å². The van der Waals surface area contributed by atoms with Gasteiger partial charge in [0.1, 0.15) is 5.82 Å². The van der Waals surface area contributed by atoms with Crippen molar-refractivity contribution in [2.24, 2.45) is 5.73 Å². The van der Waals surface area contributed by atoms with E-state index < -0.39 is 41.6 Å². The van der Waals surface area contributed by atoms with Crippen molar-refractivity contribution in [3.63, 3.8) is 0 Å². The topological polar surface area (TPSA) is 70.8 Å². The van der Waals surface area contributed by atoms with Crippen LogP contribution in [0, 0.1) is 11.6 Å². The average Bonchev–Trinajstić information content (AvgIpc) is 3.44. The van der Waals surface area contributed by atoms with Gasteiger partial charge in [-0.1, -0.05) is 48.5 Å². The molecule has 0 amide bonds. The van der Waals surface area contributed by atoms with E-state index in [0.717, 1.165) is 23.8 Å². The highest BCUT2D eigenvalue weighted by molar-refractivity contribution is 8.03. The number of allylic oxidation sites excluding steroid dienone is 2. The first-order valence-corrected chi connectivity index (χ1v) is 15.3. The number of benzene rings is 3. The molecule has 0 aliphatic carbocycles. The Labute approximate surface area is 257 Å². The Morgan fingerprint density at radius 3 is 2.48 bits per heavy atom. The van der Waals surface area contributed by atoms with Crippen LogP contribution < -0.4 is 15.8 Å². The number of nitrogens with zero attached hydrogens (tertiary/aromatic N) is 1. The van der Waals surface area contributed by atoms with E-state index in [1.54, 1.807) is 17.9 Å². The van der Waals surface area contributed by atoms with Gasteiger partial charge in [-0.25, -0.2) is 8.78 Å². The summed E-state index contributed by atoms with van der Waals surface area (Å²) in [5.74, 6) is -1.28. The van der Waals surface area contributed by atoms with Crippen LogP contribution >= 0.6 is 11.8 Å². The first kappa shape index (κ1) is 32.0. The van der Waals surface area contributed by atoms with Gasteiger partial charge < -0.3 is 25.8 Å². The highest BCUT2D eigenvalue weighted by Gasteiger charge is 2.46. The number of ether oxygens (including phenoxy) is 1. The Balaban J connectivity index is 1.70. The van der Waals surface area contributed by atoms with Crippen LogP contribution in [0.1, 0.15) is 41.6 Å². The van der Waals surface area contributed by atoms with Crippen LogP contribution in [0.15, 0.2) is 82.9 Å². The van der Waals surface area contributed by atoms with Gasteiger partial charge in [0.15, 0.2) is 17.8 Å². The molecule has 44 heavy (non-hydrogen) atoms. The van der Waals surface area contributed by atoms with Crippen molar-refractivity contribution in [3.8, 4) is 5.75 Å². The number of rotatable bonds is 10. The van der Waals surface area contributed by atoms with Crippen LogP contribution in [0.2, 0.25) is 0 Å². The second-order valence-corrected chi connectivity index (χ2v) is 11.7. The van der Waals surface area contributed by atoms with Crippen LogP contribution in [0.5, 0.6) is 5.75 Å². The number of halogens is 5. The zero-order chi connectivity index (χ0) is 31.6. The minimum absolute atomic E-state index is 0.0438. The lowest BCUT2D eigenvalue weighted by Crippen LogP contribution is -2.49. The van der Waals surface area contributed by atoms with E-state index in [-0.39, 0.29) is 29.0 Å². The fourth-order valence-electron chi connectivity index (χ4n) is 6.02. The zero-order valence-corrected chi connectivity index (χ0v) is 25.1. The van der Waals surface area contributed by atoms with Crippen LogP contribution in [-0.2, 0) is 12.6 Å². The lowest BCUT2D eigenvalue weighted by Gasteiger charge is -2.42. The molecule has 1 fully saturated rings. The molecule has 0 radical (unpaired) electrons. The number of nitrogens with two attached hydrogens (primary N) is 1. The number of fused-ring (bicyclic) bond motifs is 1. The molecule has 0 spiro atoms. The average molecular weight is 632 g/mol. The summed E-state index contributed by atoms with van der Waals surface area (Å²) in [6.45, 7) is 2.69. The number of alkyl halides is 3. The Morgan fingerprint density at radius 1 is 1.07 bits per heavy atom. The number of aliphatic hydroxyl groups is 1. The first-order valence-electron chi connectivity index (χ1n) is 14.3. The van der Waals surface area contributed by atoms with Crippen molar-refractivity contribution in [1.82, 2.24) is 10.2 Å². The van der Waals surface area contributed by atoms with Crippen molar-refractivity contribution in [2.45, 2.75) is 44.3 Å². The lowest BCUT2D eigenvalue weighted by molar-refractivity contribution is -0.138. The molecule has 0 aromatic heterocycles. The number of thioether (sulfide) groups is 1. The highest BCUT2D eigenvalue weighted by atomic mass is 32.2. The van der Waals surface area contributed by atoms with Gasteiger partial charge >= 0.3 is 6.18 Å². The minimum Gasteiger partial charge on any atom is -0.494 e. The van der Waals surface area contributed by atoms with Crippen LogP contribution in [0.25, 0.3) is 5.57 Å². The van der Waals surface area contributed by atoms with Crippen LogP contribution in [0.3, 0.4) is 0 Å². The van der Waals surface area contributed by atoms with Crippen molar-refractivity contribution < 1.29 is 31.8 Å². The van der Waals surface area contributed by atoms with Gasteiger partial charge in [0.05, 0.1) is 29.8 Å². The standard InChI is InChI=1S/C33H34F5N3O2S/c1-19-22(17-23-24(33(36,37)38)12-7-13-25(23)34)32-41(31(42)28(19)21-11-6-14-27(43-2)29(21)35)26(18-44-32)30(40-16-8-15-39)20-9-4-3-5-10-20/h3-7,9-14,26,30-31,40,42H,8,15-18,39H2,1-2H3. The van der Waals surface area contributed by atoms with E-state index in [1.165, 1.54) is 31.0 Å². The molecule has 2 aliphatic heterocycles. The molecular formula is C33H34F5N3O2S. The number of methoxy groups -OCH3 is 1. The van der Waals surface area contributed by atoms with E-state index in [4.69, 9.17) is 10.5 Å². The number of hydrogen-bond acceptors (Lipinski definition) is 6. The van der Waals surface area contributed by atoms with Gasteiger partial charge in [0.25, 0.3) is 0 Å². The Morgan fingerprint density at radius 2 is 1.80 bits per heavy atom. The predicted molar refractivity (Wildman–Crippen MR) is 163 cm³/mol. The fourth-order valence-corrected chi connectivity index (χ4v) is 7.49. The van der Waals surface area contributed by atoms with E-state index in [9.17, 15) is 18.3 Å². The summed E-state index contributed by atoms with van der Waals surface area (Å²) in [7, 11) is 1.33. The number of nitrogens with one attached hydrogen (secondary N) is 1.